The molecule has 0 unspecified atom stereocenters. The Morgan fingerprint density at radius 1 is 1.08 bits per heavy atom. The lowest BCUT2D eigenvalue weighted by atomic mass is 9.97. The number of hydrogen-bond donors (Lipinski definition) is 2. The summed E-state index contributed by atoms with van der Waals surface area (Å²) in [6, 6.07) is 4.74. The van der Waals surface area contributed by atoms with Gasteiger partial charge in [-0.15, -0.1) is 0 Å². The van der Waals surface area contributed by atoms with E-state index in [1.54, 1.807) is 12.1 Å². The molecular weight excluding hydrogens is 336 g/mol. The maximum atomic E-state index is 12.8. The average molecular weight is 367 g/mol. The summed E-state index contributed by atoms with van der Waals surface area (Å²) in [6.45, 7) is 5.57. The van der Waals surface area contributed by atoms with Crippen molar-refractivity contribution in [3.05, 3.63) is 29.3 Å². The topological polar surface area (TPSA) is 75.3 Å². The Kier molecular flexibility index (Phi) is 7.02. The van der Waals surface area contributed by atoms with Crippen molar-refractivity contribution in [2.24, 2.45) is 0 Å². The fourth-order valence-corrected chi connectivity index (χ4v) is 4.55. The summed E-state index contributed by atoms with van der Waals surface area (Å²) in [4.78, 5) is 12.5. The summed E-state index contributed by atoms with van der Waals surface area (Å²) in [5, 5.41) is 2.82. The third kappa shape index (κ3) is 5.82. The minimum Gasteiger partial charge on any atom is -0.350 e. The van der Waals surface area contributed by atoms with Crippen LogP contribution in [0.4, 0.5) is 0 Å². The zero-order valence-corrected chi connectivity index (χ0v) is 16.3. The quantitative estimate of drug-likeness (QED) is 0.837. The Morgan fingerprint density at radius 3 is 2.28 bits per heavy atom. The lowest BCUT2D eigenvalue weighted by Gasteiger charge is -2.21. The van der Waals surface area contributed by atoms with Crippen LogP contribution in [0, 0.1) is 6.92 Å². The number of nitrogens with one attached hydrogen (secondary N) is 2. The number of sulfonamides is 1. The molecule has 2 N–H and O–H groups in total. The molecule has 1 amide bonds. The smallest absolute Gasteiger partial charge is 0.251 e. The molecule has 1 aliphatic rings. The number of benzene rings is 1. The normalized spacial score (nSPS) is 17.1. The van der Waals surface area contributed by atoms with Crippen molar-refractivity contribution in [1.29, 1.82) is 0 Å². The maximum absolute atomic E-state index is 12.8. The first-order chi connectivity index (χ1) is 11.8. The van der Waals surface area contributed by atoms with Crippen molar-refractivity contribution in [1.82, 2.24) is 10.0 Å². The van der Waals surface area contributed by atoms with Crippen molar-refractivity contribution in [2.45, 2.75) is 82.7 Å². The van der Waals surface area contributed by atoms with E-state index in [0.717, 1.165) is 31.2 Å². The summed E-state index contributed by atoms with van der Waals surface area (Å²) in [5.74, 6) is -0.240. The SMILES string of the molecule is Cc1ccc(S(=O)(=O)NC2CCCCCCC2)cc1C(=O)NC(C)C. The zero-order valence-electron chi connectivity index (χ0n) is 15.5. The maximum Gasteiger partial charge on any atom is 0.251 e. The van der Waals surface area contributed by atoms with Crippen LogP contribution >= 0.6 is 0 Å². The first-order valence-electron chi connectivity index (χ1n) is 9.23. The zero-order chi connectivity index (χ0) is 18.4. The van der Waals surface area contributed by atoms with Crippen LogP contribution in [0.15, 0.2) is 23.1 Å². The minimum absolute atomic E-state index is 0.000196. The Balaban J connectivity index is 2.19. The summed E-state index contributed by atoms with van der Waals surface area (Å²) < 4.78 is 28.4. The van der Waals surface area contributed by atoms with Crippen molar-refractivity contribution in [3.8, 4) is 0 Å². The number of rotatable bonds is 5. The highest BCUT2D eigenvalue weighted by atomic mass is 32.2. The van der Waals surface area contributed by atoms with Crippen molar-refractivity contribution >= 4 is 15.9 Å². The van der Waals surface area contributed by atoms with E-state index in [-0.39, 0.29) is 22.9 Å². The van der Waals surface area contributed by atoms with Crippen molar-refractivity contribution in [3.63, 3.8) is 0 Å². The molecule has 1 aliphatic carbocycles. The standard InChI is InChI=1S/C19H30N2O3S/c1-14(2)20-19(22)18-13-17(12-11-15(18)3)25(23,24)21-16-9-7-5-4-6-8-10-16/h11-14,16,21H,4-10H2,1-3H3,(H,20,22). The molecule has 1 aromatic carbocycles. The molecule has 5 nitrogen and oxygen atoms in total. The van der Waals surface area contributed by atoms with Gasteiger partial charge in [-0.05, 0) is 51.3 Å². The van der Waals surface area contributed by atoms with E-state index in [2.05, 4.69) is 10.0 Å². The molecule has 1 aromatic rings. The van der Waals surface area contributed by atoms with Gasteiger partial charge in [0.15, 0.2) is 0 Å². The first kappa shape index (κ1) is 19.9. The van der Waals surface area contributed by atoms with E-state index in [1.807, 2.05) is 20.8 Å². The lowest BCUT2D eigenvalue weighted by molar-refractivity contribution is 0.0942. The van der Waals surface area contributed by atoms with E-state index in [9.17, 15) is 13.2 Å². The van der Waals surface area contributed by atoms with Crippen LogP contribution < -0.4 is 10.0 Å². The highest BCUT2D eigenvalue weighted by molar-refractivity contribution is 7.89. The predicted molar refractivity (Wildman–Crippen MR) is 100 cm³/mol. The number of hydrogen-bond acceptors (Lipinski definition) is 3. The molecule has 1 fully saturated rings. The van der Waals surface area contributed by atoms with Crippen LogP contribution in [0.5, 0.6) is 0 Å². The van der Waals surface area contributed by atoms with Gasteiger partial charge in [-0.1, -0.05) is 38.2 Å². The van der Waals surface area contributed by atoms with Crippen molar-refractivity contribution in [2.75, 3.05) is 0 Å². The molecule has 2 rings (SSSR count). The highest BCUT2D eigenvalue weighted by Crippen LogP contribution is 2.21. The number of carbonyl (C=O) groups excluding carboxylic acids is 1. The van der Waals surface area contributed by atoms with Gasteiger partial charge in [0.2, 0.25) is 10.0 Å². The van der Waals surface area contributed by atoms with E-state index < -0.39 is 10.0 Å². The van der Waals surface area contributed by atoms with Crippen molar-refractivity contribution < 1.29 is 13.2 Å². The lowest BCUT2D eigenvalue weighted by Crippen LogP contribution is -2.35. The molecule has 0 bridgehead atoms. The van der Waals surface area contributed by atoms with Gasteiger partial charge in [-0.2, -0.15) is 0 Å². The second kappa shape index (κ2) is 8.81. The summed E-state index contributed by atoms with van der Waals surface area (Å²) in [7, 11) is -3.62. The van der Waals surface area contributed by atoms with Gasteiger partial charge in [-0.25, -0.2) is 13.1 Å². The molecule has 1 saturated carbocycles. The van der Waals surface area contributed by atoms with Gasteiger partial charge < -0.3 is 5.32 Å². The Labute approximate surface area is 151 Å². The highest BCUT2D eigenvalue weighted by Gasteiger charge is 2.22. The van der Waals surface area contributed by atoms with Gasteiger partial charge in [0.25, 0.3) is 5.91 Å². The molecule has 0 spiro atoms. The number of carbonyl (C=O) groups is 1. The molecule has 140 valence electrons. The van der Waals surface area contributed by atoms with E-state index in [1.165, 1.54) is 25.3 Å². The Bertz CT molecular complexity index is 691. The predicted octanol–water partition coefficient (Wildman–Crippen LogP) is 3.52. The second-order valence-electron chi connectivity index (χ2n) is 7.27. The van der Waals surface area contributed by atoms with Crippen LogP contribution in [0.3, 0.4) is 0 Å². The third-order valence-electron chi connectivity index (χ3n) is 4.61. The molecule has 0 aliphatic heterocycles. The Morgan fingerprint density at radius 2 is 1.68 bits per heavy atom. The summed E-state index contributed by atoms with van der Waals surface area (Å²) >= 11 is 0. The molecule has 0 atom stereocenters. The van der Waals surface area contributed by atoms with Crippen LogP contribution in [0.1, 0.15) is 74.7 Å². The summed E-state index contributed by atoms with van der Waals surface area (Å²) in [6.07, 6.45) is 7.46. The number of aryl methyl sites for hydroxylation is 1. The molecule has 0 heterocycles. The minimum atomic E-state index is -3.62. The fraction of sp³-hybridized carbons (Fsp3) is 0.632. The molecule has 0 saturated heterocycles. The third-order valence-corrected chi connectivity index (χ3v) is 6.13. The van der Waals surface area contributed by atoms with Gasteiger partial charge in [0.05, 0.1) is 4.90 Å². The molecular formula is C19H30N2O3S. The van der Waals surface area contributed by atoms with Crippen LogP contribution in [0.2, 0.25) is 0 Å². The van der Waals surface area contributed by atoms with Gasteiger partial charge >= 0.3 is 0 Å². The monoisotopic (exact) mass is 366 g/mol. The van der Waals surface area contributed by atoms with Gasteiger partial charge in [0, 0.05) is 17.6 Å². The average Bonchev–Trinajstić information content (AvgIpc) is 2.49. The van der Waals surface area contributed by atoms with E-state index in [4.69, 9.17) is 0 Å². The van der Waals surface area contributed by atoms with Crippen LogP contribution in [0.25, 0.3) is 0 Å². The molecule has 6 heteroatoms. The van der Waals surface area contributed by atoms with Gasteiger partial charge in [0.1, 0.15) is 0 Å². The second-order valence-corrected chi connectivity index (χ2v) is 8.98. The molecule has 0 radical (unpaired) electrons. The van der Waals surface area contributed by atoms with E-state index >= 15 is 0 Å². The molecule has 25 heavy (non-hydrogen) atoms. The van der Waals surface area contributed by atoms with E-state index in [0.29, 0.717) is 5.56 Å². The van der Waals surface area contributed by atoms with Gasteiger partial charge in [-0.3, -0.25) is 4.79 Å². The largest absolute Gasteiger partial charge is 0.350 e. The fourth-order valence-electron chi connectivity index (χ4n) is 3.21. The Hall–Kier alpha value is -1.40. The van der Waals surface area contributed by atoms with Crippen LogP contribution in [-0.2, 0) is 10.0 Å². The molecule has 0 aromatic heterocycles. The first-order valence-corrected chi connectivity index (χ1v) is 10.7. The summed E-state index contributed by atoms with van der Waals surface area (Å²) in [5.41, 5.74) is 1.18. The number of amides is 1. The van der Waals surface area contributed by atoms with Crippen LogP contribution in [-0.4, -0.2) is 26.4 Å².